The van der Waals surface area contributed by atoms with Crippen molar-refractivity contribution in [2.75, 3.05) is 6.54 Å². The quantitative estimate of drug-likeness (QED) is 0.670. The highest BCUT2D eigenvalue weighted by Gasteiger charge is 2.21. The largest absolute Gasteiger partial charge is 0.508 e. The molecule has 0 saturated carbocycles. The highest BCUT2D eigenvalue weighted by atomic mass is 16.3. The lowest BCUT2D eigenvalue weighted by Gasteiger charge is -2.32. The molecule has 0 radical (unpaired) electrons. The predicted octanol–water partition coefficient (Wildman–Crippen LogP) is 5.98. The Bertz CT molecular complexity index is 626. The maximum absolute atomic E-state index is 10.4. The second kappa shape index (κ2) is 9.62. The number of nitrogens with zero attached hydrogens (tertiary/aromatic N) is 1. The topological polar surface area (TPSA) is 23.5 Å². The van der Waals surface area contributed by atoms with Crippen LogP contribution in [0.4, 0.5) is 0 Å². The Balaban J connectivity index is 0.00000312. The van der Waals surface area contributed by atoms with Crippen LogP contribution < -0.4 is 0 Å². The molecule has 0 heterocycles. The van der Waals surface area contributed by atoms with Crippen molar-refractivity contribution in [3.05, 3.63) is 65.2 Å². The first-order valence-corrected chi connectivity index (χ1v) is 9.00. The van der Waals surface area contributed by atoms with Gasteiger partial charge in [0.05, 0.1) is 0 Å². The molecule has 1 atom stereocenters. The van der Waals surface area contributed by atoms with E-state index in [-0.39, 0.29) is 13.3 Å². The summed E-state index contributed by atoms with van der Waals surface area (Å²) in [5.74, 6) is 0.612. The van der Waals surface area contributed by atoms with Crippen molar-refractivity contribution in [2.45, 2.75) is 66.5 Å². The number of rotatable bonds is 7. The second-order valence-electron chi connectivity index (χ2n) is 7.24. The predicted molar refractivity (Wildman–Crippen MR) is 109 cm³/mol. The van der Waals surface area contributed by atoms with Gasteiger partial charge in [0.25, 0.3) is 0 Å². The molecule has 2 aromatic rings. The first-order chi connectivity index (χ1) is 11.4. The minimum atomic E-state index is 0. The molecule has 0 fully saturated rings. The summed E-state index contributed by atoms with van der Waals surface area (Å²) < 4.78 is 0. The Labute approximate surface area is 154 Å². The van der Waals surface area contributed by atoms with Crippen molar-refractivity contribution in [1.82, 2.24) is 4.90 Å². The molecule has 0 spiro atoms. The molecule has 2 nitrogen and oxygen atoms in total. The van der Waals surface area contributed by atoms with E-state index >= 15 is 0 Å². The molecule has 0 bridgehead atoms. The van der Waals surface area contributed by atoms with E-state index in [0.717, 1.165) is 18.5 Å². The van der Waals surface area contributed by atoms with Gasteiger partial charge >= 0.3 is 0 Å². The Hall–Kier alpha value is -1.80. The first-order valence-electron chi connectivity index (χ1n) is 9.00. The molecule has 25 heavy (non-hydrogen) atoms. The van der Waals surface area contributed by atoms with E-state index in [1.165, 1.54) is 11.1 Å². The van der Waals surface area contributed by atoms with Gasteiger partial charge in [-0.05, 0) is 59.2 Å². The standard InChI is InChI=1S/C22H31NO.CH4/c1-16(2)23(17(3)4)14-13-20(19-9-7-6-8-10-19)21-15-18(5)11-12-22(21)24;/h6-12,15-17,20,24H,13-14H2,1-5H3;1H4/t20-;/m1./s1. The molecule has 2 heteroatoms. The summed E-state index contributed by atoms with van der Waals surface area (Å²) >= 11 is 0. The van der Waals surface area contributed by atoms with Crippen LogP contribution in [-0.2, 0) is 0 Å². The highest BCUT2D eigenvalue weighted by Crippen LogP contribution is 2.35. The average Bonchev–Trinajstić information content (AvgIpc) is 2.54. The van der Waals surface area contributed by atoms with Crippen molar-refractivity contribution in [2.24, 2.45) is 0 Å². The zero-order chi connectivity index (χ0) is 17.7. The van der Waals surface area contributed by atoms with Crippen LogP contribution in [0.25, 0.3) is 0 Å². The number of phenols is 1. The van der Waals surface area contributed by atoms with Gasteiger partial charge in [-0.3, -0.25) is 4.90 Å². The lowest BCUT2D eigenvalue weighted by atomic mass is 9.87. The zero-order valence-corrected chi connectivity index (χ0v) is 15.7. The van der Waals surface area contributed by atoms with Crippen molar-refractivity contribution in [1.29, 1.82) is 0 Å². The lowest BCUT2D eigenvalue weighted by molar-refractivity contribution is 0.170. The summed E-state index contributed by atoms with van der Waals surface area (Å²) in [5, 5.41) is 10.4. The molecule has 2 aromatic carbocycles. The van der Waals surface area contributed by atoms with E-state index in [0.29, 0.717) is 17.8 Å². The molecule has 1 N–H and O–H groups in total. The number of hydrogen-bond donors (Lipinski definition) is 1. The highest BCUT2D eigenvalue weighted by molar-refractivity contribution is 5.43. The van der Waals surface area contributed by atoms with Gasteiger partial charge in [-0.15, -0.1) is 0 Å². The molecule has 0 saturated heterocycles. The Morgan fingerprint density at radius 1 is 0.920 bits per heavy atom. The normalized spacial score (nSPS) is 12.5. The van der Waals surface area contributed by atoms with Crippen LogP contribution in [-0.4, -0.2) is 28.6 Å². The number of aromatic hydroxyl groups is 1. The summed E-state index contributed by atoms with van der Waals surface area (Å²) in [7, 11) is 0. The van der Waals surface area contributed by atoms with Gasteiger partial charge in [0.2, 0.25) is 0 Å². The van der Waals surface area contributed by atoms with Gasteiger partial charge in [-0.25, -0.2) is 0 Å². The average molecular weight is 342 g/mol. The summed E-state index contributed by atoms with van der Waals surface area (Å²) in [5.41, 5.74) is 3.49. The third kappa shape index (κ3) is 5.61. The molecule has 0 aromatic heterocycles. The van der Waals surface area contributed by atoms with Crippen LogP contribution in [0.3, 0.4) is 0 Å². The maximum Gasteiger partial charge on any atom is 0.119 e. The molecule has 138 valence electrons. The zero-order valence-electron chi connectivity index (χ0n) is 15.7. The fraction of sp³-hybridized carbons (Fsp3) is 0.478. The van der Waals surface area contributed by atoms with E-state index in [1.54, 1.807) is 0 Å². The van der Waals surface area contributed by atoms with Gasteiger partial charge in [-0.1, -0.05) is 55.5 Å². The van der Waals surface area contributed by atoms with Gasteiger partial charge in [0.15, 0.2) is 0 Å². The summed E-state index contributed by atoms with van der Waals surface area (Å²) in [4.78, 5) is 2.52. The second-order valence-corrected chi connectivity index (χ2v) is 7.24. The smallest absolute Gasteiger partial charge is 0.119 e. The van der Waals surface area contributed by atoms with E-state index < -0.39 is 0 Å². The molecular weight excluding hydrogens is 306 g/mol. The number of aryl methyl sites for hydroxylation is 1. The third-order valence-corrected chi connectivity index (χ3v) is 4.76. The molecule has 0 aliphatic heterocycles. The van der Waals surface area contributed by atoms with Gasteiger partial charge in [-0.2, -0.15) is 0 Å². The van der Waals surface area contributed by atoms with Crippen molar-refractivity contribution >= 4 is 0 Å². The van der Waals surface area contributed by atoms with Crippen LogP contribution in [0.15, 0.2) is 48.5 Å². The number of benzene rings is 2. The van der Waals surface area contributed by atoms with Crippen LogP contribution in [0, 0.1) is 6.92 Å². The van der Waals surface area contributed by atoms with E-state index in [9.17, 15) is 5.11 Å². The van der Waals surface area contributed by atoms with Gasteiger partial charge < -0.3 is 5.11 Å². The van der Waals surface area contributed by atoms with E-state index in [2.05, 4.69) is 69.9 Å². The minimum Gasteiger partial charge on any atom is -0.508 e. The molecular formula is C23H35NO. The van der Waals surface area contributed by atoms with Crippen molar-refractivity contribution in [3.63, 3.8) is 0 Å². The monoisotopic (exact) mass is 341 g/mol. The van der Waals surface area contributed by atoms with Crippen molar-refractivity contribution in [3.8, 4) is 5.75 Å². The van der Waals surface area contributed by atoms with Crippen LogP contribution in [0.1, 0.15) is 64.2 Å². The molecule has 0 unspecified atom stereocenters. The van der Waals surface area contributed by atoms with Gasteiger partial charge in [0.1, 0.15) is 5.75 Å². The van der Waals surface area contributed by atoms with E-state index in [1.807, 2.05) is 18.2 Å². The Morgan fingerprint density at radius 2 is 1.52 bits per heavy atom. The fourth-order valence-corrected chi connectivity index (χ4v) is 3.53. The maximum atomic E-state index is 10.4. The van der Waals surface area contributed by atoms with Gasteiger partial charge in [0, 0.05) is 23.6 Å². The number of phenolic OH excluding ortho intramolecular Hbond substituents is 1. The third-order valence-electron chi connectivity index (χ3n) is 4.76. The molecule has 0 aliphatic rings. The van der Waals surface area contributed by atoms with Crippen molar-refractivity contribution < 1.29 is 5.11 Å². The van der Waals surface area contributed by atoms with E-state index in [4.69, 9.17) is 0 Å². The summed E-state index contributed by atoms with van der Waals surface area (Å²) in [6, 6.07) is 17.5. The van der Waals surface area contributed by atoms with Crippen LogP contribution >= 0.6 is 0 Å². The Morgan fingerprint density at radius 3 is 2.08 bits per heavy atom. The first kappa shape index (κ1) is 21.2. The minimum absolute atomic E-state index is 0. The summed E-state index contributed by atoms with van der Waals surface area (Å²) in [6.07, 6.45) is 0.997. The molecule has 2 rings (SSSR count). The number of hydrogen-bond acceptors (Lipinski definition) is 2. The Kier molecular flexibility index (Phi) is 8.18. The van der Waals surface area contributed by atoms with Crippen LogP contribution in [0.5, 0.6) is 5.75 Å². The van der Waals surface area contributed by atoms with Crippen LogP contribution in [0.2, 0.25) is 0 Å². The SMILES string of the molecule is C.Cc1ccc(O)c([C@H](CCN(C(C)C)C(C)C)c2ccccc2)c1. The summed E-state index contributed by atoms with van der Waals surface area (Å²) in [6.45, 7) is 12.1. The fourth-order valence-electron chi connectivity index (χ4n) is 3.53. The molecule has 0 aliphatic carbocycles. The lowest BCUT2D eigenvalue weighted by Crippen LogP contribution is -2.38. The molecule has 0 amide bonds.